The minimum atomic E-state index is -2.63. The summed E-state index contributed by atoms with van der Waals surface area (Å²) in [5.41, 5.74) is 0.760. The average molecular weight is 240 g/mol. The zero-order chi connectivity index (χ0) is 10.0. The average Bonchev–Trinajstić information content (AvgIpc) is 1.99. The monoisotopic (exact) mass is 239 g/mol. The molecule has 0 aliphatic heterocycles. The largest absolute Gasteiger partial charge is 0.740 e. The Bertz CT molecular complexity index is 354. The van der Waals surface area contributed by atoms with E-state index in [4.69, 9.17) is 23.2 Å². The van der Waals surface area contributed by atoms with Gasteiger partial charge in [-0.1, -0.05) is 23.2 Å². The van der Waals surface area contributed by atoms with E-state index < -0.39 is 11.4 Å². The van der Waals surface area contributed by atoms with E-state index in [9.17, 15) is 8.76 Å². The Morgan fingerprint density at radius 1 is 1.38 bits per heavy atom. The quantitative estimate of drug-likeness (QED) is 0.746. The number of benzene rings is 1. The van der Waals surface area contributed by atoms with Gasteiger partial charge in [0.05, 0.1) is 5.02 Å². The molecule has 1 unspecified atom stereocenters. The van der Waals surface area contributed by atoms with Crippen LogP contribution in [0.2, 0.25) is 10.0 Å². The van der Waals surface area contributed by atoms with Gasteiger partial charge in [-0.2, -0.15) is 0 Å². The molecule has 0 N–H and O–H groups in total. The van der Waals surface area contributed by atoms with Crippen LogP contribution >= 0.6 is 23.2 Å². The maximum Gasteiger partial charge on any atom is 0.159 e. The van der Waals surface area contributed by atoms with Crippen LogP contribution in [0.25, 0.3) is 0 Å². The van der Waals surface area contributed by atoms with Crippen LogP contribution in [0.1, 0.15) is 5.56 Å². The van der Waals surface area contributed by atoms with Crippen LogP contribution in [-0.2, 0) is 11.4 Å². The molecule has 0 aromatic heterocycles. The van der Waals surface area contributed by atoms with E-state index >= 15 is 0 Å². The number of rotatable bonds is 2. The SMILES string of the molecule is Cc1cc(Cl)c(OS(=O)[O-])cc1Cl. The second-order valence-corrected chi connectivity index (χ2v) is 3.71. The second-order valence-electron chi connectivity index (χ2n) is 2.32. The molecule has 0 aliphatic carbocycles. The fraction of sp³-hybridized carbons (Fsp3) is 0.143. The van der Waals surface area contributed by atoms with Crippen molar-refractivity contribution >= 4 is 34.6 Å². The number of hydrogen-bond donors (Lipinski definition) is 0. The predicted octanol–water partition coefficient (Wildman–Crippen LogP) is 2.47. The van der Waals surface area contributed by atoms with Gasteiger partial charge in [0.15, 0.2) is 5.75 Å². The first kappa shape index (κ1) is 10.8. The van der Waals surface area contributed by atoms with Crippen LogP contribution < -0.4 is 4.18 Å². The van der Waals surface area contributed by atoms with Crippen LogP contribution in [0, 0.1) is 6.92 Å². The Kier molecular flexibility index (Phi) is 3.55. The molecule has 0 bridgehead atoms. The van der Waals surface area contributed by atoms with Crippen LogP contribution in [-0.4, -0.2) is 8.76 Å². The van der Waals surface area contributed by atoms with Crippen molar-refractivity contribution < 1.29 is 12.9 Å². The molecule has 0 saturated heterocycles. The topological polar surface area (TPSA) is 49.4 Å². The number of aryl methyl sites for hydroxylation is 1. The van der Waals surface area contributed by atoms with Crippen molar-refractivity contribution in [1.82, 2.24) is 0 Å². The molecule has 6 heteroatoms. The first-order valence-corrected chi connectivity index (χ1v) is 4.99. The summed E-state index contributed by atoms with van der Waals surface area (Å²) in [5.74, 6) is 0.0330. The van der Waals surface area contributed by atoms with Gasteiger partial charge in [0, 0.05) is 11.1 Å². The molecule has 0 amide bonds. The zero-order valence-electron chi connectivity index (χ0n) is 6.54. The third-order valence-corrected chi connectivity index (χ3v) is 2.39. The van der Waals surface area contributed by atoms with Crippen molar-refractivity contribution in [3.05, 3.63) is 27.7 Å². The van der Waals surface area contributed by atoms with Gasteiger partial charge in [-0.15, -0.1) is 0 Å². The highest BCUT2D eigenvalue weighted by atomic mass is 35.5. The third-order valence-electron chi connectivity index (χ3n) is 1.37. The molecule has 0 heterocycles. The van der Waals surface area contributed by atoms with Crippen LogP contribution in [0.3, 0.4) is 0 Å². The fourth-order valence-electron chi connectivity index (χ4n) is 0.765. The summed E-state index contributed by atoms with van der Waals surface area (Å²) in [5, 5.41) is 0.621. The molecule has 13 heavy (non-hydrogen) atoms. The fourth-order valence-corrected chi connectivity index (χ4v) is 1.51. The highest BCUT2D eigenvalue weighted by Gasteiger charge is 2.05. The lowest BCUT2D eigenvalue weighted by atomic mass is 10.2. The Balaban J connectivity index is 3.08. The second kappa shape index (κ2) is 4.28. The van der Waals surface area contributed by atoms with E-state index in [0.717, 1.165) is 5.56 Å². The van der Waals surface area contributed by atoms with Gasteiger partial charge in [0.2, 0.25) is 0 Å². The van der Waals surface area contributed by atoms with Crippen molar-refractivity contribution in [1.29, 1.82) is 0 Å². The molecule has 0 saturated carbocycles. The van der Waals surface area contributed by atoms with E-state index in [-0.39, 0.29) is 10.8 Å². The molecular weight excluding hydrogens is 235 g/mol. The molecule has 1 rings (SSSR count). The van der Waals surface area contributed by atoms with Gasteiger partial charge in [-0.3, -0.25) is 0 Å². The molecule has 1 aromatic carbocycles. The summed E-state index contributed by atoms with van der Waals surface area (Å²) >= 11 is 8.78. The van der Waals surface area contributed by atoms with Gasteiger partial charge >= 0.3 is 0 Å². The maximum atomic E-state index is 10.2. The molecule has 1 atom stereocenters. The summed E-state index contributed by atoms with van der Waals surface area (Å²) in [6.45, 7) is 1.76. The summed E-state index contributed by atoms with van der Waals surface area (Å²) < 4.78 is 24.8. The standard InChI is InChI=1S/C7H6Cl2O3S/c1-4-2-6(9)7(3-5(4)8)12-13(10)11/h2-3H,1H3,(H,10,11)/p-1. The maximum absolute atomic E-state index is 10.2. The first-order chi connectivity index (χ1) is 6.00. The zero-order valence-corrected chi connectivity index (χ0v) is 8.87. The minimum Gasteiger partial charge on any atom is -0.740 e. The first-order valence-electron chi connectivity index (χ1n) is 3.24. The Morgan fingerprint density at radius 2 is 2.00 bits per heavy atom. The molecule has 0 fully saturated rings. The summed E-state index contributed by atoms with van der Waals surface area (Å²) in [6.07, 6.45) is 0. The molecule has 0 radical (unpaired) electrons. The summed E-state index contributed by atoms with van der Waals surface area (Å²) in [7, 11) is 0. The number of halogens is 2. The van der Waals surface area contributed by atoms with Crippen LogP contribution in [0.15, 0.2) is 12.1 Å². The molecule has 0 spiro atoms. The minimum absolute atomic E-state index is 0.0330. The van der Waals surface area contributed by atoms with E-state index in [2.05, 4.69) is 4.18 Å². The Hall–Kier alpha value is -0.290. The molecule has 72 valence electrons. The highest BCUT2D eigenvalue weighted by molar-refractivity contribution is 7.74. The third kappa shape index (κ3) is 2.84. The summed E-state index contributed by atoms with van der Waals surface area (Å²) in [6, 6.07) is 2.89. The molecule has 1 aromatic rings. The van der Waals surface area contributed by atoms with Gasteiger partial charge in [0.25, 0.3) is 0 Å². The molecular formula is C7H5Cl2O3S-. The molecule has 0 aliphatic rings. The van der Waals surface area contributed by atoms with E-state index in [1.807, 2.05) is 0 Å². The van der Waals surface area contributed by atoms with E-state index in [0.29, 0.717) is 5.02 Å². The van der Waals surface area contributed by atoms with E-state index in [1.165, 1.54) is 12.1 Å². The Morgan fingerprint density at radius 3 is 2.54 bits per heavy atom. The lowest BCUT2D eigenvalue weighted by Crippen LogP contribution is -1.98. The van der Waals surface area contributed by atoms with Gasteiger partial charge in [0.1, 0.15) is 11.4 Å². The Labute approximate surface area is 88.1 Å². The van der Waals surface area contributed by atoms with Crippen molar-refractivity contribution in [3.8, 4) is 5.75 Å². The highest BCUT2D eigenvalue weighted by Crippen LogP contribution is 2.30. The predicted molar refractivity (Wildman–Crippen MR) is 50.7 cm³/mol. The van der Waals surface area contributed by atoms with Crippen LogP contribution in [0.5, 0.6) is 5.75 Å². The van der Waals surface area contributed by atoms with Crippen molar-refractivity contribution in [2.75, 3.05) is 0 Å². The van der Waals surface area contributed by atoms with Crippen molar-refractivity contribution in [2.45, 2.75) is 6.92 Å². The van der Waals surface area contributed by atoms with Crippen molar-refractivity contribution in [3.63, 3.8) is 0 Å². The smallest absolute Gasteiger partial charge is 0.159 e. The lowest BCUT2D eigenvalue weighted by molar-refractivity contribution is 0.440. The molecule has 3 nitrogen and oxygen atoms in total. The summed E-state index contributed by atoms with van der Waals surface area (Å²) in [4.78, 5) is 0. The van der Waals surface area contributed by atoms with Gasteiger partial charge in [-0.25, -0.2) is 4.21 Å². The lowest BCUT2D eigenvalue weighted by Gasteiger charge is -2.09. The normalized spacial score (nSPS) is 12.6. The van der Waals surface area contributed by atoms with Gasteiger partial charge in [-0.05, 0) is 18.6 Å². The number of hydrogen-bond acceptors (Lipinski definition) is 3. The van der Waals surface area contributed by atoms with Gasteiger partial charge < -0.3 is 8.74 Å². The van der Waals surface area contributed by atoms with Crippen molar-refractivity contribution in [2.24, 2.45) is 0 Å². The van der Waals surface area contributed by atoms with Crippen LogP contribution in [0.4, 0.5) is 0 Å². The van der Waals surface area contributed by atoms with E-state index in [1.54, 1.807) is 6.92 Å².